The Morgan fingerprint density at radius 3 is 2.70 bits per heavy atom. The first-order valence-electron chi connectivity index (χ1n) is 9.47. The molecule has 0 aromatic heterocycles. The van der Waals surface area contributed by atoms with Gasteiger partial charge in [0.05, 0.1) is 11.5 Å². The fourth-order valence-electron chi connectivity index (χ4n) is 4.59. The largest absolute Gasteiger partial charge is 0.345 e. The van der Waals surface area contributed by atoms with Crippen molar-refractivity contribution >= 4 is 23.4 Å². The van der Waals surface area contributed by atoms with Gasteiger partial charge in [0.25, 0.3) is 0 Å². The number of rotatable bonds is 1. The number of anilines is 1. The van der Waals surface area contributed by atoms with Gasteiger partial charge in [-0.1, -0.05) is 37.5 Å². The van der Waals surface area contributed by atoms with Crippen molar-refractivity contribution in [1.82, 2.24) is 10.2 Å². The van der Waals surface area contributed by atoms with Gasteiger partial charge >= 0.3 is 11.8 Å². The monoisotopic (exact) mass is 366 g/mol. The first-order valence-corrected chi connectivity index (χ1v) is 9.47. The Morgan fingerprint density at radius 2 is 1.96 bits per heavy atom. The molecule has 1 aromatic carbocycles. The number of nitrogens with one attached hydrogen (secondary N) is 2. The van der Waals surface area contributed by atoms with Crippen molar-refractivity contribution in [1.29, 1.82) is 5.26 Å². The van der Waals surface area contributed by atoms with Crippen LogP contribution in [0.3, 0.4) is 0 Å². The van der Waals surface area contributed by atoms with E-state index < -0.39 is 23.3 Å². The van der Waals surface area contributed by atoms with E-state index in [-0.39, 0.29) is 24.9 Å². The Balaban J connectivity index is 1.55. The van der Waals surface area contributed by atoms with E-state index in [0.29, 0.717) is 5.69 Å². The van der Waals surface area contributed by atoms with Crippen molar-refractivity contribution in [3.8, 4) is 6.07 Å². The highest BCUT2D eigenvalue weighted by molar-refractivity contribution is 6.35. The number of para-hydroxylation sites is 1. The molecule has 2 fully saturated rings. The zero-order chi connectivity index (χ0) is 19.0. The standard InChI is InChI=1S/C20H22N4O3/c21-11-14-10-20(15-8-4-5-9-16(15)23-19(20)27)12-24(14)18(26)17(25)22-13-6-2-1-3-7-13/h4-5,8-9,13-14H,1-3,6-7,10,12H2,(H,22,25)(H,23,27)/t14-,20-/m0/s1. The highest BCUT2D eigenvalue weighted by atomic mass is 16.2. The second kappa shape index (κ2) is 6.69. The molecule has 27 heavy (non-hydrogen) atoms. The minimum Gasteiger partial charge on any atom is -0.345 e. The topological polar surface area (TPSA) is 102 Å². The van der Waals surface area contributed by atoms with E-state index in [2.05, 4.69) is 16.7 Å². The molecule has 4 rings (SSSR count). The van der Waals surface area contributed by atoms with Crippen LogP contribution in [0.1, 0.15) is 44.1 Å². The molecule has 2 N–H and O–H groups in total. The number of carbonyl (C=O) groups excluding carboxylic acids is 3. The van der Waals surface area contributed by atoms with Crippen LogP contribution in [0.2, 0.25) is 0 Å². The van der Waals surface area contributed by atoms with Crippen molar-refractivity contribution in [2.24, 2.45) is 0 Å². The van der Waals surface area contributed by atoms with Gasteiger partial charge in [0, 0.05) is 24.7 Å². The van der Waals surface area contributed by atoms with Crippen LogP contribution in [0.15, 0.2) is 24.3 Å². The van der Waals surface area contributed by atoms with Crippen molar-refractivity contribution in [2.75, 3.05) is 11.9 Å². The molecular formula is C20H22N4O3. The van der Waals surface area contributed by atoms with Gasteiger partial charge in [-0.15, -0.1) is 0 Å². The summed E-state index contributed by atoms with van der Waals surface area (Å²) in [5.41, 5.74) is 0.538. The minimum absolute atomic E-state index is 0.0165. The molecule has 3 amide bonds. The number of fused-ring (bicyclic) bond motifs is 2. The highest BCUT2D eigenvalue weighted by Crippen LogP contribution is 2.46. The fourth-order valence-corrected chi connectivity index (χ4v) is 4.59. The molecule has 2 aliphatic heterocycles. The number of nitrogens with zero attached hydrogens (tertiary/aromatic N) is 2. The Labute approximate surface area is 157 Å². The molecule has 1 saturated carbocycles. The van der Waals surface area contributed by atoms with E-state index in [9.17, 15) is 19.6 Å². The third kappa shape index (κ3) is 2.85. The van der Waals surface area contributed by atoms with Gasteiger partial charge in [-0.05, 0) is 24.5 Å². The van der Waals surface area contributed by atoms with Crippen LogP contribution in [0.4, 0.5) is 5.69 Å². The lowest BCUT2D eigenvalue weighted by Gasteiger charge is -2.25. The Morgan fingerprint density at radius 1 is 1.22 bits per heavy atom. The first-order chi connectivity index (χ1) is 13.0. The molecular weight excluding hydrogens is 344 g/mol. The molecule has 2 atom stereocenters. The summed E-state index contributed by atoms with van der Waals surface area (Å²) >= 11 is 0. The SMILES string of the molecule is N#C[C@@H]1C[C@@]2(CN1C(=O)C(=O)NC1CCCCC1)C(=O)Nc1ccccc12. The number of hydrogen-bond donors (Lipinski definition) is 2. The number of amides is 3. The quantitative estimate of drug-likeness (QED) is 0.734. The maximum absolute atomic E-state index is 12.8. The number of likely N-dealkylation sites (tertiary alicyclic amines) is 1. The van der Waals surface area contributed by atoms with Crippen LogP contribution in [0.25, 0.3) is 0 Å². The summed E-state index contributed by atoms with van der Waals surface area (Å²) in [5, 5.41) is 15.2. The van der Waals surface area contributed by atoms with Gasteiger partial charge in [0.2, 0.25) is 5.91 Å². The van der Waals surface area contributed by atoms with Crippen molar-refractivity contribution in [2.45, 2.75) is 56.0 Å². The lowest BCUT2D eigenvalue weighted by atomic mass is 9.80. The molecule has 0 bridgehead atoms. The molecule has 1 aromatic rings. The number of carbonyl (C=O) groups is 3. The number of hydrogen-bond acceptors (Lipinski definition) is 4. The summed E-state index contributed by atoms with van der Waals surface area (Å²) < 4.78 is 0. The number of benzene rings is 1. The smallest absolute Gasteiger partial charge is 0.313 e. The third-order valence-corrected chi connectivity index (χ3v) is 6.03. The average Bonchev–Trinajstić information content (AvgIpc) is 3.21. The van der Waals surface area contributed by atoms with Crippen LogP contribution in [-0.4, -0.2) is 41.2 Å². The zero-order valence-electron chi connectivity index (χ0n) is 15.0. The normalized spacial score (nSPS) is 27.1. The summed E-state index contributed by atoms with van der Waals surface area (Å²) in [7, 11) is 0. The van der Waals surface area contributed by atoms with E-state index in [4.69, 9.17) is 0 Å². The fraction of sp³-hybridized carbons (Fsp3) is 0.500. The van der Waals surface area contributed by atoms with Crippen LogP contribution in [0, 0.1) is 11.3 Å². The summed E-state index contributed by atoms with van der Waals surface area (Å²) in [6.07, 6.45) is 5.20. The molecule has 0 unspecified atom stereocenters. The molecule has 1 saturated heterocycles. The molecule has 0 radical (unpaired) electrons. The summed E-state index contributed by atoms with van der Waals surface area (Å²) in [4.78, 5) is 39.2. The Hall–Kier alpha value is -2.88. The summed E-state index contributed by atoms with van der Waals surface area (Å²) in [6.45, 7) is 0.0466. The minimum atomic E-state index is -0.961. The molecule has 7 nitrogen and oxygen atoms in total. The maximum atomic E-state index is 12.8. The van der Waals surface area contributed by atoms with Gasteiger partial charge in [0.15, 0.2) is 0 Å². The van der Waals surface area contributed by atoms with Crippen molar-refractivity contribution in [3.63, 3.8) is 0 Å². The lowest BCUT2D eigenvalue weighted by molar-refractivity contribution is -0.146. The molecule has 3 aliphatic rings. The van der Waals surface area contributed by atoms with Crippen molar-refractivity contribution < 1.29 is 14.4 Å². The van der Waals surface area contributed by atoms with Crippen LogP contribution in [0.5, 0.6) is 0 Å². The van der Waals surface area contributed by atoms with E-state index in [0.717, 1.165) is 37.7 Å². The van der Waals surface area contributed by atoms with Gasteiger partial charge in [-0.25, -0.2) is 0 Å². The highest BCUT2D eigenvalue weighted by Gasteiger charge is 2.56. The summed E-state index contributed by atoms with van der Waals surface area (Å²) in [6, 6.07) is 8.64. The molecule has 2 heterocycles. The van der Waals surface area contributed by atoms with E-state index in [1.165, 1.54) is 4.90 Å². The Kier molecular flexibility index (Phi) is 4.34. The van der Waals surface area contributed by atoms with Crippen LogP contribution in [-0.2, 0) is 19.8 Å². The summed E-state index contributed by atoms with van der Waals surface area (Å²) in [5.74, 6) is -1.61. The van der Waals surface area contributed by atoms with Crippen LogP contribution < -0.4 is 10.6 Å². The van der Waals surface area contributed by atoms with Gasteiger partial charge in [-0.3, -0.25) is 14.4 Å². The van der Waals surface area contributed by atoms with Gasteiger partial charge < -0.3 is 15.5 Å². The molecule has 1 spiro atoms. The Bertz CT molecular complexity index is 840. The predicted octanol–water partition coefficient (Wildman–Crippen LogP) is 1.45. The first kappa shape index (κ1) is 17.5. The van der Waals surface area contributed by atoms with E-state index >= 15 is 0 Å². The number of nitriles is 1. The zero-order valence-corrected chi connectivity index (χ0v) is 15.0. The maximum Gasteiger partial charge on any atom is 0.313 e. The molecule has 1 aliphatic carbocycles. The molecule has 140 valence electrons. The van der Waals surface area contributed by atoms with Gasteiger partial charge in [-0.2, -0.15) is 5.26 Å². The average molecular weight is 366 g/mol. The second-order valence-corrected chi connectivity index (χ2v) is 7.67. The van der Waals surface area contributed by atoms with Crippen LogP contribution >= 0.6 is 0 Å². The van der Waals surface area contributed by atoms with Gasteiger partial charge in [0.1, 0.15) is 6.04 Å². The molecule has 7 heteroatoms. The van der Waals surface area contributed by atoms with Crippen molar-refractivity contribution in [3.05, 3.63) is 29.8 Å². The van der Waals surface area contributed by atoms with E-state index in [1.807, 2.05) is 24.3 Å². The van der Waals surface area contributed by atoms with E-state index in [1.54, 1.807) is 0 Å². The second-order valence-electron chi connectivity index (χ2n) is 7.67. The lowest BCUT2D eigenvalue weighted by Crippen LogP contribution is -2.49. The third-order valence-electron chi connectivity index (χ3n) is 6.03. The predicted molar refractivity (Wildman–Crippen MR) is 97.5 cm³/mol.